The van der Waals surface area contributed by atoms with Gasteiger partial charge >= 0.3 is 0 Å². The summed E-state index contributed by atoms with van der Waals surface area (Å²) in [5, 5.41) is 3.66. The van der Waals surface area contributed by atoms with Crippen molar-refractivity contribution in [2.75, 3.05) is 6.54 Å². The van der Waals surface area contributed by atoms with Gasteiger partial charge in [0.25, 0.3) is 0 Å². The highest BCUT2D eigenvalue weighted by molar-refractivity contribution is 5.41. The van der Waals surface area contributed by atoms with E-state index in [1.165, 1.54) is 36.8 Å². The summed E-state index contributed by atoms with van der Waals surface area (Å²) in [7, 11) is 0. The third-order valence-electron chi connectivity index (χ3n) is 3.88. The van der Waals surface area contributed by atoms with E-state index >= 15 is 0 Å². The first-order valence-electron chi connectivity index (χ1n) is 6.86. The third-order valence-corrected chi connectivity index (χ3v) is 3.88. The van der Waals surface area contributed by atoms with E-state index in [0.717, 1.165) is 18.7 Å². The van der Waals surface area contributed by atoms with Gasteiger partial charge in [0.05, 0.1) is 0 Å². The highest BCUT2D eigenvalue weighted by Gasteiger charge is 2.21. The summed E-state index contributed by atoms with van der Waals surface area (Å²) in [5.41, 5.74) is 2.84. The molecule has 1 fully saturated rings. The Kier molecular flexibility index (Phi) is 3.06. The van der Waals surface area contributed by atoms with Gasteiger partial charge < -0.3 is 10.1 Å². The van der Waals surface area contributed by atoms with E-state index < -0.39 is 0 Å². The lowest BCUT2D eigenvalue weighted by molar-refractivity contribution is 0.254. The van der Waals surface area contributed by atoms with Crippen LogP contribution in [0.25, 0.3) is 0 Å². The first-order valence-corrected chi connectivity index (χ1v) is 6.86. The Hall–Kier alpha value is -1.02. The van der Waals surface area contributed by atoms with Gasteiger partial charge in [-0.25, -0.2) is 0 Å². The molecular weight excluding hydrogens is 210 g/mol. The van der Waals surface area contributed by atoms with Gasteiger partial charge in [-0.3, -0.25) is 0 Å². The summed E-state index contributed by atoms with van der Waals surface area (Å²) in [4.78, 5) is 0. The Bertz CT molecular complexity index is 394. The van der Waals surface area contributed by atoms with Crippen LogP contribution in [0.4, 0.5) is 0 Å². The smallest absolute Gasteiger partial charge is 0.123 e. The van der Waals surface area contributed by atoms with Crippen molar-refractivity contribution >= 4 is 0 Å². The highest BCUT2D eigenvalue weighted by atomic mass is 16.5. The lowest BCUT2D eigenvalue weighted by atomic mass is 9.98. The van der Waals surface area contributed by atoms with Gasteiger partial charge in [0.2, 0.25) is 0 Å². The second kappa shape index (κ2) is 4.69. The largest absolute Gasteiger partial charge is 0.490 e. The normalized spacial score (nSPS) is 28.3. The van der Waals surface area contributed by atoms with Crippen LogP contribution in [-0.2, 0) is 6.42 Å². The summed E-state index contributed by atoms with van der Waals surface area (Å²) < 4.78 is 5.75. The van der Waals surface area contributed by atoms with Crippen LogP contribution in [0, 0.1) is 0 Å². The average molecular weight is 231 g/mol. The van der Waals surface area contributed by atoms with Crippen LogP contribution < -0.4 is 10.1 Å². The van der Waals surface area contributed by atoms with E-state index in [4.69, 9.17) is 4.74 Å². The van der Waals surface area contributed by atoms with E-state index in [9.17, 15) is 0 Å². The predicted molar refractivity (Wildman–Crippen MR) is 69.4 cm³/mol. The molecule has 0 bridgehead atoms. The first kappa shape index (κ1) is 11.1. The molecule has 17 heavy (non-hydrogen) atoms. The molecule has 1 aromatic rings. The number of nitrogens with one attached hydrogen (secondary N) is 1. The summed E-state index contributed by atoms with van der Waals surface area (Å²) in [6, 6.07) is 7.29. The second-order valence-corrected chi connectivity index (χ2v) is 5.36. The van der Waals surface area contributed by atoms with Crippen molar-refractivity contribution in [3.05, 3.63) is 29.3 Å². The summed E-state index contributed by atoms with van der Waals surface area (Å²) in [6.07, 6.45) is 6.73. The van der Waals surface area contributed by atoms with Crippen LogP contribution in [0.3, 0.4) is 0 Å². The number of hydrogen-bond donors (Lipinski definition) is 1. The number of benzene rings is 1. The predicted octanol–water partition coefficient (Wildman–Crippen LogP) is 3.21. The Labute approximate surface area is 103 Å². The maximum atomic E-state index is 5.75. The molecule has 3 rings (SSSR count). The molecule has 0 radical (unpaired) electrons. The van der Waals surface area contributed by atoms with E-state index in [0.29, 0.717) is 12.1 Å². The fourth-order valence-corrected chi connectivity index (χ4v) is 2.97. The molecule has 1 aromatic carbocycles. The minimum Gasteiger partial charge on any atom is -0.490 e. The summed E-state index contributed by atoms with van der Waals surface area (Å²) in [5.74, 6) is 1.09. The molecule has 0 amide bonds. The van der Waals surface area contributed by atoms with Crippen molar-refractivity contribution in [1.82, 2.24) is 5.32 Å². The van der Waals surface area contributed by atoms with Gasteiger partial charge in [-0.15, -0.1) is 0 Å². The van der Waals surface area contributed by atoms with Crippen LogP contribution in [0.2, 0.25) is 0 Å². The van der Waals surface area contributed by atoms with Crippen LogP contribution in [0.1, 0.15) is 49.8 Å². The molecule has 2 atom stereocenters. The van der Waals surface area contributed by atoms with E-state index in [-0.39, 0.29) is 0 Å². The van der Waals surface area contributed by atoms with Gasteiger partial charge in [-0.1, -0.05) is 25.0 Å². The quantitative estimate of drug-likeness (QED) is 0.801. The zero-order valence-electron chi connectivity index (χ0n) is 10.5. The third kappa shape index (κ3) is 2.32. The van der Waals surface area contributed by atoms with Crippen molar-refractivity contribution in [3.8, 4) is 5.75 Å². The molecule has 2 nitrogen and oxygen atoms in total. The van der Waals surface area contributed by atoms with E-state index in [1.54, 1.807) is 0 Å². The fraction of sp³-hybridized carbons (Fsp3) is 0.600. The maximum Gasteiger partial charge on any atom is 0.123 e. The van der Waals surface area contributed by atoms with Crippen LogP contribution in [0.5, 0.6) is 5.75 Å². The lowest BCUT2D eigenvalue weighted by Crippen LogP contribution is -2.20. The molecule has 0 spiro atoms. The van der Waals surface area contributed by atoms with Crippen LogP contribution >= 0.6 is 0 Å². The molecule has 92 valence electrons. The average Bonchev–Trinajstić information content (AvgIpc) is 2.53. The van der Waals surface area contributed by atoms with E-state index in [1.807, 2.05) is 0 Å². The second-order valence-electron chi connectivity index (χ2n) is 5.36. The summed E-state index contributed by atoms with van der Waals surface area (Å²) in [6.45, 7) is 3.30. The molecule has 1 N–H and O–H groups in total. The minimum absolute atomic E-state index is 0.349. The summed E-state index contributed by atoms with van der Waals surface area (Å²) >= 11 is 0. The molecule has 2 aliphatic heterocycles. The van der Waals surface area contributed by atoms with Gasteiger partial charge in [-0.05, 0) is 43.5 Å². The SMILES string of the molecule is CC1Cc2cc(C3CCCCCN3)ccc2O1. The zero-order chi connectivity index (χ0) is 11.7. The van der Waals surface area contributed by atoms with Gasteiger partial charge in [0.15, 0.2) is 0 Å². The topological polar surface area (TPSA) is 21.3 Å². The van der Waals surface area contributed by atoms with Crippen molar-refractivity contribution in [2.45, 2.75) is 51.2 Å². The number of fused-ring (bicyclic) bond motifs is 1. The highest BCUT2D eigenvalue weighted by Crippen LogP contribution is 2.32. The molecule has 2 unspecified atom stereocenters. The number of ether oxygens (including phenoxy) is 1. The monoisotopic (exact) mass is 231 g/mol. The standard InChI is InChI=1S/C15H21NO/c1-11-9-13-10-12(6-7-15(13)17-11)14-5-3-2-4-8-16-14/h6-7,10-11,14,16H,2-5,8-9H2,1H3. The van der Waals surface area contributed by atoms with Gasteiger partial charge in [-0.2, -0.15) is 0 Å². The van der Waals surface area contributed by atoms with Crippen LogP contribution in [-0.4, -0.2) is 12.6 Å². The van der Waals surface area contributed by atoms with Crippen LogP contribution in [0.15, 0.2) is 18.2 Å². The molecule has 0 aliphatic carbocycles. The molecule has 2 heteroatoms. The molecule has 0 saturated carbocycles. The minimum atomic E-state index is 0.349. The zero-order valence-corrected chi connectivity index (χ0v) is 10.5. The van der Waals surface area contributed by atoms with Gasteiger partial charge in [0, 0.05) is 12.5 Å². The molecule has 0 aromatic heterocycles. The van der Waals surface area contributed by atoms with Crippen molar-refractivity contribution in [3.63, 3.8) is 0 Å². The maximum absolute atomic E-state index is 5.75. The fourth-order valence-electron chi connectivity index (χ4n) is 2.97. The van der Waals surface area contributed by atoms with Crippen molar-refractivity contribution in [1.29, 1.82) is 0 Å². The Balaban J connectivity index is 1.81. The van der Waals surface area contributed by atoms with Crippen molar-refractivity contribution in [2.24, 2.45) is 0 Å². The Morgan fingerprint density at radius 2 is 2.18 bits per heavy atom. The Morgan fingerprint density at radius 1 is 1.24 bits per heavy atom. The van der Waals surface area contributed by atoms with E-state index in [2.05, 4.69) is 30.4 Å². The number of hydrogen-bond acceptors (Lipinski definition) is 2. The lowest BCUT2D eigenvalue weighted by Gasteiger charge is -2.16. The van der Waals surface area contributed by atoms with Gasteiger partial charge in [0.1, 0.15) is 11.9 Å². The molecule has 1 saturated heterocycles. The van der Waals surface area contributed by atoms with Crippen molar-refractivity contribution < 1.29 is 4.74 Å². The molecule has 2 heterocycles. The molecule has 2 aliphatic rings. The first-order chi connectivity index (χ1) is 8.33. The Morgan fingerprint density at radius 3 is 3.12 bits per heavy atom. The molecular formula is C15H21NO. The number of rotatable bonds is 1.